The lowest BCUT2D eigenvalue weighted by Gasteiger charge is -2.44. The first-order chi connectivity index (χ1) is 9.09. The third-order valence-corrected chi connectivity index (χ3v) is 6.26. The first kappa shape index (κ1) is 15.5. The number of rotatable bonds is 5. The van der Waals surface area contributed by atoms with E-state index in [1.54, 1.807) is 0 Å². The molecule has 0 aromatic carbocycles. The highest BCUT2D eigenvalue weighted by Gasteiger charge is 2.40. The molecule has 0 aliphatic heterocycles. The molecule has 1 aliphatic rings. The summed E-state index contributed by atoms with van der Waals surface area (Å²) in [6, 6.07) is 2.62. The SMILES string of the molecule is CNC(Cc1cc(Br)cs1)C1(OC)CCC(C)CC1. The third kappa shape index (κ3) is 3.60. The summed E-state index contributed by atoms with van der Waals surface area (Å²) in [6.07, 6.45) is 5.95. The number of thiophene rings is 1. The highest BCUT2D eigenvalue weighted by Crippen LogP contribution is 2.38. The van der Waals surface area contributed by atoms with Crippen LogP contribution in [-0.2, 0) is 11.2 Å². The molecule has 1 aromatic rings. The summed E-state index contributed by atoms with van der Waals surface area (Å²) in [5.74, 6) is 0.844. The van der Waals surface area contributed by atoms with Crippen LogP contribution in [0.2, 0.25) is 0 Å². The Labute approximate surface area is 129 Å². The first-order valence-corrected chi connectivity index (χ1v) is 8.72. The minimum atomic E-state index is 0.0116. The van der Waals surface area contributed by atoms with Crippen LogP contribution in [0.1, 0.15) is 37.5 Å². The highest BCUT2D eigenvalue weighted by atomic mass is 79.9. The zero-order valence-corrected chi connectivity index (χ0v) is 14.4. The number of likely N-dealkylation sites (N-methyl/N-ethyl adjacent to an activating group) is 1. The molecular weight excluding hydrogens is 322 g/mol. The zero-order valence-electron chi connectivity index (χ0n) is 12.0. The number of ether oxygens (including phenoxy) is 1. The van der Waals surface area contributed by atoms with Crippen LogP contribution in [0, 0.1) is 5.92 Å². The number of methoxy groups -OCH3 is 1. The van der Waals surface area contributed by atoms with E-state index in [-0.39, 0.29) is 5.60 Å². The third-order valence-electron chi connectivity index (χ3n) is 4.54. The minimum absolute atomic E-state index is 0.0116. The molecule has 1 N–H and O–H groups in total. The molecular formula is C15H24BrNOS. The molecule has 1 unspecified atom stereocenters. The maximum Gasteiger partial charge on any atom is 0.0834 e. The van der Waals surface area contributed by atoms with E-state index in [1.807, 2.05) is 18.4 Å². The van der Waals surface area contributed by atoms with Gasteiger partial charge in [-0.1, -0.05) is 6.92 Å². The predicted molar refractivity (Wildman–Crippen MR) is 85.9 cm³/mol. The molecule has 4 heteroatoms. The molecule has 1 aliphatic carbocycles. The quantitative estimate of drug-likeness (QED) is 0.861. The number of halogens is 1. The van der Waals surface area contributed by atoms with Crippen molar-refractivity contribution in [3.05, 3.63) is 20.8 Å². The summed E-state index contributed by atoms with van der Waals surface area (Å²) in [5.41, 5.74) is 0.0116. The topological polar surface area (TPSA) is 21.3 Å². The van der Waals surface area contributed by atoms with Gasteiger partial charge in [0.1, 0.15) is 0 Å². The van der Waals surface area contributed by atoms with Gasteiger partial charge in [-0.3, -0.25) is 0 Å². The van der Waals surface area contributed by atoms with Crippen LogP contribution < -0.4 is 5.32 Å². The second-order valence-electron chi connectivity index (χ2n) is 5.73. The van der Waals surface area contributed by atoms with Crippen molar-refractivity contribution in [2.45, 2.75) is 50.7 Å². The Kier molecular flexibility index (Phi) is 5.46. The zero-order chi connectivity index (χ0) is 13.9. The maximum absolute atomic E-state index is 5.99. The molecule has 2 rings (SSSR count). The molecule has 108 valence electrons. The van der Waals surface area contributed by atoms with Crippen molar-refractivity contribution in [3.8, 4) is 0 Å². The second kappa shape index (κ2) is 6.70. The van der Waals surface area contributed by atoms with Gasteiger partial charge in [-0.2, -0.15) is 0 Å². The molecule has 0 bridgehead atoms. The van der Waals surface area contributed by atoms with Gasteiger partial charge in [0.2, 0.25) is 0 Å². The van der Waals surface area contributed by atoms with Crippen LogP contribution in [0.3, 0.4) is 0 Å². The summed E-state index contributed by atoms with van der Waals surface area (Å²) in [7, 11) is 3.94. The second-order valence-corrected chi connectivity index (χ2v) is 7.64. The van der Waals surface area contributed by atoms with Crippen LogP contribution in [0.15, 0.2) is 15.9 Å². The Hall–Kier alpha value is 0.1000. The highest BCUT2D eigenvalue weighted by molar-refractivity contribution is 9.10. The van der Waals surface area contributed by atoms with Gasteiger partial charge in [0.05, 0.1) is 5.60 Å². The molecule has 1 aromatic heterocycles. The van der Waals surface area contributed by atoms with Gasteiger partial charge >= 0.3 is 0 Å². The first-order valence-electron chi connectivity index (χ1n) is 7.05. The molecule has 1 atom stereocenters. The van der Waals surface area contributed by atoms with Gasteiger partial charge in [-0.15, -0.1) is 11.3 Å². The molecule has 2 nitrogen and oxygen atoms in total. The van der Waals surface area contributed by atoms with E-state index in [0.29, 0.717) is 6.04 Å². The lowest BCUT2D eigenvalue weighted by atomic mass is 9.74. The van der Waals surface area contributed by atoms with Crippen molar-refractivity contribution >= 4 is 27.3 Å². The summed E-state index contributed by atoms with van der Waals surface area (Å²) < 4.78 is 7.18. The summed E-state index contributed by atoms with van der Waals surface area (Å²) in [6.45, 7) is 2.35. The van der Waals surface area contributed by atoms with E-state index >= 15 is 0 Å². The van der Waals surface area contributed by atoms with Crippen molar-refractivity contribution in [2.24, 2.45) is 5.92 Å². The summed E-state index contributed by atoms with van der Waals surface area (Å²) in [5, 5.41) is 5.66. The normalized spacial score (nSPS) is 29.4. The Morgan fingerprint density at radius 3 is 2.68 bits per heavy atom. The largest absolute Gasteiger partial charge is 0.377 e. The summed E-state index contributed by atoms with van der Waals surface area (Å²) >= 11 is 5.36. The van der Waals surface area contributed by atoms with Crippen LogP contribution in [0.4, 0.5) is 0 Å². The van der Waals surface area contributed by atoms with Crippen molar-refractivity contribution < 1.29 is 4.74 Å². The standard InChI is InChI=1S/C15H24BrNOS/c1-11-4-6-15(18-3,7-5-11)14(17-2)9-13-8-12(16)10-19-13/h8,10-11,14,17H,4-7,9H2,1-3H3. The van der Waals surface area contributed by atoms with Gasteiger partial charge in [-0.05, 0) is 67.1 Å². The van der Waals surface area contributed by atoms with Crippen LogP contribution in [0.5, 0.6) is 0 Å². The van der Waals surface area contributed by atoms with E-state index in [4.69, 9.17) is 4.74 Å². The van der Waals surface area contributed by atoms with Gasteiger partial charge < -0.3 is 10.1 Å². The lowest BCUT2D eigenvalue weighted by molar-refractivity contribution is -0.0729. The molecule has 1 saturated carbocycles. The lowest BCUT2D eigenvalue weighted by Crippen LogP contribution is -2.53. The molecule has 1 heterocycles. The predicted octanol–water partition coefficient (Wildman–Crippen LogP) is 4.24. The Morgan fingerprint density at radius 1 is 1.53 bits per heavy atom. The molecule has 1 fully saturated rings. The molecule has 0 spiro atoms. The van der Waals surface area contributed by atoms with Crippen LogP contribution in [0.25, 0.3) is 0 Å². The molecule has 0 amide bonds. The number of nitrogens with one attached hydrogen (secondary N) is 1. The minimum Gasteiger partial charge on any atom is -0.377 e. The van der Waals surface area contributed by atoms with Gasteiger partial charge in [0.25, 0.3) is 0 Å². The van der Waals surface area contributed by atoms with Crippen LogP contribution >= 0.6 is 27.3 Å². The van der Waals surface area contributed by atoms with Crippen molar-refractivity contribution in [2.75, 3.05) is 14.2 Å². The van der Waals surface area contributed by atoms with Crippen LogP contribution in [-0.4, -0.2) is 25.8 Å². The van der Waals surface area contributed by atoms with Crippen molar-refractivity contribution in [1.29, 1.82) is 0 Å². The fraction of sp³-hybridized carbons (Fsp3) is 0.733. The van der Waals surface area contributed by atoms with E-state index in [9.17, 15) is 0 Å². The Balaban J connectivity index is 2.10. The Morgan fingerprint density at radius 2 is 2.21 bits per heavy atom. The number of hydrogen-bond donors (Lipinski definition) is 1. The Bertz CT molecular complexity index is 399. The van der Waals surface area contributed by atoms with Crippen molar-refractivity contribution in [1.82, 2.24) is 5.32 Å². The smallest absolute Gasteiger partial charge is 0.0834 e. The van der Waals surface area contributed by atoms with Gasteiger partial charge in [0.15, 0.2) is 0 Å². The average Bonchev–Trinajstić information content (AvgIpc) is 2.83. The molecule has 0 saturated heterocycles. The monoisotopic (exact) mass is 345 g/mol. The average molecular weight is 346 g/mol. The van der Waals surface area contributed by atoms with Gasteiger partial charge in [-0.25, -0.2) is 0 Å². The maximum atomic E-state index is 5.99. The number of hydrogen-bond acceptors (Lipinski definition) is 3. The van der Waals surface area contributed by atoms with Crippen molar-refractivity contribution in [3.63, 3.8) is 0 Å². The fourth-order valence-electron chi connectivity index (χ4n) is 3.16. The van der Waals surface area contributed by atoms with E-state index < -0.39 is 0 Å². The van der Waals surface area contributed by atoms with Gasteiger partial charge in [0, 0.05) is 27.9 Å². The molecule has 0 radical (unpaired) electrons. The van der Waals surface area contributed by atoms with E-state index in [0.717, 1.165) is 12.3 Å². The fourth-order valence-corrected chi connectivity index (χ4v) is 4.66. The van der Waals surface area contributed by atoms with E-state index in [1.165, 1.54) is 35.0 Å². The molecule has 19 heavy (non-hydrogen) atoms. The van der Waals surface area contributed by atoms with E-state index in [2.05, 4.69) is 46.7 Å². The summed E-state index contributed by atoms with van der Waals surface area (Å²) in [4.78, 5) is 1.42.